The van der Waals surface area contributed by atoms with Gasteiger partial charge in [-0.05, 0) is 24.5 Å². The Morgan fingerprint density at radius 3 is 2.00 bits per heavy atom. The summed E-state index contributed by atoms with van der Waals surface area (Å²) in [7, 11) is 0. The predicted octanol–water partition coefficient (Wildman–Crippen LogP) is 3.06. The lowest BCUT2D eigenvalue weighted by Gasteiger charge is -2.34. The van der Waals surface area contributed by atoms with Crippen molar-refractivity contribution in [2.45, 2.75) is 24.8 Å². The minimum absolute atomic E-state index is 0.110. The Bertz CT molecular complexity index is 881. The number of hydrogen-bond donors (Lipinski definition) is 3. The Morgan fingerprint density at radius 2 is 1.56 bits per heavy atom. The van der Waals surface area contributed by atoms with E-state index in [1.807, 2.05) is 48.5 Å². The number of rotatable bonds is 5. The van der Waals surface area contributed by atoms with Crippen LogP contribution in [0.15, 0.2) is 48.5 Å². The third-order valence-corrected chi connectivity index (χ3v) is 6.01. The van der Waals surface area contributed by atoms with Crippen LogP contribution < -0.4 is 10.5 Å². The van der Waals surface area contributed by atoms with Gasteiger partial charge in [-0.2, -0.15) is 0 Å². The highest BCUT2D eigenvalue weighted by atomic mass is 16.5. The topological polar surface area (TPSA) is 110 Å². The molecule has 4 atom stereocenters. The first-order valence-electron chi connectivity index (χ1n) is 8.95. The number of aliphatic carboxylic acids is 2. The molecule has 1 heterocycles. The molecular weight excluding hydrogens is 346 g/mol. The van der Waals surface area contributed by atoms with E-state index in [4.69, 9.17) is 10.5 Å². The standard InChI is InChI=1S/C21H21NO5/c1-11-17(19(23)24)18(11)21(22,20(25)26)10-14-12-6-2-4-8-15(12)27-16-9-5-3-7-13(14)16/h2-9,11,14,17-18H,10,22H2,1H3,(H,23,24)(H,25,26)/t11-,17-,18-,21+/m0/s1. The number of carboxylic acids is 2. The number of fused-ring (bicyclic) bond motifs is 2. The number of carboxylic acid groups (broad SMARTS) is 2. The average Bonchev–Trinajstić information content (AvgIpc) is 3.33. The maximum Gasteiger partial charge on any atom is 0.324 e. The summed E-state index contributed by atoms with van der Waals surface area (Å²) in [6.07, 6.45) is 0.110. The van der Waals surface area contributed by atoms with Crippen LogP contribution in [0.25, 0.3) is 0 Å². The zero-order valence-corrected chi connectivity index (χ0v) is 14.8. The van der Waals surface area contributed by atoms with Crippen LogP contribution in [-0.4, -0.2) is 27.7 Å². The molecule has 0 bridgehead atoms. The van der Waals surface area contributed by atoms with Gasteiger partial charge in [0.05, 0.1) is 5.92 Å². The average molecular weight is 367 g/mol. The normalized spacial score (nSPS) is 25.5. The van der Waals surface area contributed by atoms with Crippen molar-refractivity contribution < 1.29 is 24.5 Å². The minimum Gasteiger partial charge on any atom is -0.481 e. The molecule has 0 radical (unpaired) electrons. The largest absolute Gasteiger partial charge is 0.481 e. The van der Waals surface area contributed by atoms with Crippen molar-refractivity contribution in [3.05, 3.63) is 59.7 Å². The van der Waals surface area contributed by atoms with E-state index < -0.39 is 29.3 Å². The van der Waals surface area contributed by atoms with Gasteiger partial charge in [0.2, 0.25) is 0 Å². The van der Waals surface area contributed by atoms with Crippen LogP contribution in [-0.2, 0) is 9.59 Å². The smallest absolute Gasteiger partial charge is 0.324 e. The van der Waals surface area contributed by atoms with Gasteiger partial charge in [0.25, 0.3) is 0 Å². The van der Waals surface area contributed by atoms with Gasteiger partial charge >= 0.3 is 11.9 Å². The van der Waals surface area contributed by atoms with Crippen LogP contribution in [0.2, 0.25) is 0 Å². The summed E-state index contributed by atoms with van der Waals surface area (Å²) >= 11 is 0. The third-order valence-electron chi connectivity index (χ3n) is 6.01. The summed E-state index contributed by atoms with van der Waals surface area (Å²) in [5.41, 5.74) is 6.51. The second-order valence-corrected chi connectivity index (χ2v) is 7.53. The zero-order chi connectivity index (χ0) is 19.3. The Labute approximate surface area is 156 Å². The van der Waals surface area contributed by atoms with Gasteiger partial charge in [-0.1, -0.05) is 43.3 Å². The Morgan fingerprint density at radius 1 is 1.04 bits per heavy atom. The highest BCUT2D eigenvalue weighted by molar-refractivity contribution is 5.84. The van der Waals surface area contributed by atoms with E-state index in [9.17, 15) is 19.8 Å². The van der Waals surface area contributed by atoms with Crippen LogP contribution in [0.4, 0.5) is 0 Å². The second-order valence-electron chi connectivity index (χ2n) is 7.53. The van der Waals surface area contributed by atoms with Crippen molar-refractivity contribution in [3.63, 3.8) is 0 Å². The molecule has 6 heteroatoms. The van der Waals surface area contributed by atoms with E-state index >= 15 is 0 Å². The Hall–Kier alpha value is -2.86. The molecule has 1 fully saturated rings. The lowest BCUT2D eigenvalue weighted by Crippen LogP contribution is -2.52. The summed E-state index contributed by atoms with van der Waals surface area (Å²) in [4.78, 5) is 23.6. The zero-order valence-electron chi connectivity index (χ0n) is 14.8. The van der Waals surface area contributed by atoms with Crippen molar-refractivity contribution in [1.82, 2.24) is 0 Å². The quantitative estimate of drug-likeness (QED) is 0.749. The van der Waals surface area contributed by atoms with Gasteiger partial charge in [0, 0.05) is 23.0 Å². The van der Waals surface area contributed by atoms with E-state index in [2.05, 4.69) is 0 Å². The number of benzene rings is 2. The molecular formula is C21H21NO5. The highest BCUT2D eigenvalue weighted by Gasteiger charge is 2.64. The van der Waals surface area contributed by atoms with Crippen molar-refractivity contribution in [2.75, 3.05) is 0 Å². The number of ether oxygens (including phenoxy) is 1. The fraction of sp³-hybridized carbons (Fsp3) is 0.333. The Kier molecular flexibility index (Phi) is 3.96. The monoisotopic (exact) mass is 367 g/mol. The van der Waals surface area contributed by atoms with Crippen LogP contribution in [0, 0.1) is 17.8 Å². The van der Waals surface area contributed by atoms with Gasteiger partial charge in [0.15, 0.2) is 0 Å². The first-order chi connectivity index (χ1) is 12.8. The summed E-state index contributed by atoms with van der Waals surface area (Å²) in [5, 5.41) is 19.3. The molecule has 2 aromatic carbocycles. The van der Waals surface area contributed by atoms with E-state index in [1.165, 1.54) is 0 Å². The van der Waals surface area contributed by atoms with E-state index in [-0.39, 0.29) is 18.3 Å². The minimum atomic E-state index is -1.63. The first kappa shape index (κ1) is 17.5. The first-order valence-corrected chi connectivity index (χ1v) is 8.95. The molecule has 0 amide bonds. The van der Waals surface area contributed by atoms with Crippen LogP contribution in [0.1, 0.15) is 30.4 Å². The molecule has 2 aliphatic rings. The highest BCUT2D eigenvalue weighted by Crippen LogP contribution is 2.56. The van der Waals surface area contributed by atoms with Crippen LogP contribution >= 0.6 is 0 Å². The van der Waals surface area contributed by atoms with Crippen LogP contribution in [0.3, 0.4) is 0 Å². The lowest BCUT2D eigenvalue weighted by atomic mass is 9.75. The molecule has 1 aliphatic carbocycles. The summed E-state index contributed by atoms with van der Waals surface area (Å²) in [6, 6.07) is 15.0. The van der Waals surface area contributed by atoms with E-state index in [0.29, 0.717) is 11.5 Å². The van der Waals surface area contributed by atoms with E-state index in [0.717, 1.165) is 11.1 Å². The van der Waals surface area contributed by atoms with Gasteiger partial charge in [-0.15, -0.1) is 0 Å². The summed E-state index contributed by atoms with van der Waals surface area (Å²) in [6.45, 7) is 1.75. The molecule has 27 heavy (non-hydrogen) atoms. The van der Waals surface area contributed by atoms with Crippen molar-refractivity contribution in [1.29, 1.82) is 0 Å². The fourth-order valence-electron chi connectivity index (χ4n) is 4.56. The SMILES string of the molecule is C[C@H]1[C@H](C(=O)O)[C@H]1[C@](N)(CC1c2ccccc2Oc2ccccc21)C(=O)O. The van der Waals surface area contributed by atoms with Crippen molar-refractivity contribution in [2.24, 2.45) is 23.5 Å². The molecule has 0 aromatic heterocycles. The van der Waals surface area contributed by atoms with Crippen LogP contribution in [0.5, 0.6) is 11.5 Å². The van der Waals surface area contributed by atoms with Gasteiger partial charge in [-0.25, -0.2) is 0 Å². The summed E-state index contributed by atoms with van der Waals surface area (Å²) in [5.74, 6) is -2.68. The Balaban J connectivity index is 1.77. The van der Waals surface area contributed by atoms with E-state index in [1.54, 1.807) is 6.92 Å². The summed E-state index contributed by atoms with van der Waals surface area (Å²) < 4.78 is 5.96. The predicted molar refractivity (Wildman–Crippen MR) is 97.8 cm³/mol. The third kappa shape index (κ3) is 2.68. The fourth-order valence-corrected chi connectivity index (χ4v) is 4.56. The van der Waals surface area contributed by atoms with Crippen molar-refractivity contribution in [3.8, 4) is 11.5 Å². The molecule has 2 aromatic rings. The maximum absolute atomic E-state index is 12.2. The van der Waals surface area contributed by atoms with Gasteiger partial charge in [-0.3, -0.25) is 9.59 Å². The second kappa shape index (κ2) is 6.09. The van der Waals surface area contributed by atoms with Crippen molar-refractivity contribution >= 4 is 11.9 Å². The molecule has 1 aliphatic heterocycles. The molecule has 140 valence electrons. The van der Waals surface area contributed by atoms with Gasteiger partial charge < -0.3 is 20.7 Å². The molecule has 1 saturated carbocycles. The lowest BCUT2D eigenvalue weighted by molar-refractivity contribution is -0.145. The molecule has 0 spiro atoms. The number of nitrogens with two attached hydrogens (primary N) is 1. The number of hydrogen-bond acceptors (Lipinski definition) is 4. The molecule has 0 unspecified atom stereocenters. The van der Waals surface area contributed by atoms with Gasteiger partial charge in [0.1, 0.15) is 17.0 Å². The maximum atomic E-state index is 12.2. The molecule has 0 saturated heterocycles. The molecule has 4 N–H and O–H groups in total. The number of carbonyl (C=O) groups is 2. The number of para-hydroxylation sites is 2. The molecule has 6 nitrogen and oxygen atoms in total. The molecule has 4 rings (SSSR count).